The van der Waals surface area contributed by atoms with Crippen LogP contribution in [0.4, 0.5) is 0 Å². The number of rotatable bonds is 6. The van der Waals surface area contributed by atoms with E-state index in [-0.39, 0.29) is 5.84 Å². The Morgan fingerprint density at radius 1 is 1.35 bits per heavy atom. The molecule has 20 heavy (non-hydrogen) atoms. The van der Waals surface area contributed by atoms with E-state index in [9.17, 15) is 0 Å². The minimum Gasteiger partial charge on any atom is -0.496 e. The number of oxime groups is 1. The van der Waals surface area contributed by atoms with Crippen molar-refractivity contribution in [3.05, 3.63) is 53.5 Å². The molecule has 0 bridgehead atoms. The summed E-state index contributed by atoms with van der Waals surface area (Å²) in [6, 6.07) is 7.44. The molecule has 106 valence electrons. The second kappa shape index (κ2) is 6.63. The quantitative estimate of drug-likeness (QED) is 0.323. The number of benzene rings is 1. The molecule has 0 fully saturated rings. The number of nitrogens with two attached hydrogens (primary N) is 1. The molecule has 0 aliphatic carbocycles. The molecule has 0 aliphatic rings. The molecule has 0 saturated carbocycles. The Kier molecular flexibility index (Phi) is 4.62. The smallest absolute Gasteiger partial charge is 0.173 e. The van der Waals surface area contributed by atoms with E-state index in [4.69, 9.17) is 20.1 Å². The maximum absolute atomic E-state index is 8.71. The first-order chi connectivity index (χ1) is 9.74. The van der Waals surface area contributed by atoms with E-state index in [0.29, 0.717) is 17.9 Å². The molecular formula is C14H17N3O3. The van der Waals surface area contributed by atoms with E-state index in [1.165, 1.54) is 0 Å². The Morgan fingerprint density at radius 3 is 2.80 bits per heavy atom. The Hall–Kier alpha value is -2.47. The summed E-state index contributed by atoms with van der Waals surface area (Å²) in [7, 11) is 1.55. The van der Waals surface area contributed by atoms with Crippen LogP contribution in [0.5, 0.6) is 5.75 Å². The topological polar surface area (TPSA) is 93.0 Å². The summed E-state index contributed by atoms with van der Waals surface area (Å²) >= 11 is 0. The van der Waals surface area contributed by atoms with E-state index in [0.717, 1.165) is 17.7 Å². The number of furan rings is 1. The molecule has 0 spiro atoms. The van der Waals surface area contributed by atoms with Crippen LogP contribution in [0.1, 0.15) is 16.7 Å². The predicted octanol–water partition coefficient (Wildman–Crippen LogP) is 1.67. The predicted molar refractivity (Wildman–Crippen MR) is 74.8 cm³/mol. The molecular weight excluding hydrogens is 258 g/mol. The second-order valence-electron chi connectivity index (χ2n) is 4.26. The number of amidine groups is 1. The van der Waals surface area contributed by atoms with Gasteiger partial charge in [0.05, 0.1) is 25.2 Å². The maximum Gasteiger partial charge on any atom is 0.173 e. The van der Waals surface area contributed by atoms with Gasteiger partial charge in [-0.2, -0.15) is 0 Å². The molecule has 0 amide bonds. The summed E-state index contributed by atoms with van der Waals surface area (Å²) in [5.74, 6) is 0.600. The van der Waals surface area contributed by atoms with Crippen molar-refractivity contribution >= 4 is 5.84 Å². The number of nitrogens with zero attached hydrogens (tertiary/aromatic N) is 1. The zero-order valence-electron chi connectivity index (χ0n) is 11.2. The summed E-state index contributed by atoms with van der Waals surface area (Å²) in [6.07, 6.45) is 3.35. The van der Waals surface area contributed by atoms with Crippen LogP contribution in [0.25, 0.3) is 0 Å². The van der Waals surface area contributed by atoms with Crippen LogP contribution < -0.4 is 15.8 Å². The molecule has 1 heterocycles. The number of nitrogens with one attached hydrogen (secondary N) is 1. The van der Waals surface area contributed by atoms with Crippen LogP contribution in [0.3, 0.4) is 0 Å². The fourth-order valence-corrected chi connectivity index (χ4v) is 1.86. The average molecular weight is 275 g/mol. The molecule has 0 unspecified atom stereocenters. The van der Waals surface area contributed by atoms with Gasteiger partial charge in [0.2, 0.25) is 0 Å². The van der Waals surface area contributed by atoms with Gasteiger partial charge in [-0.25, -0.2) is 0 Å². The summed E-state index contributed by atoms with van der Waals surface area (Å²) in [6.45, 7) is 1.40. The lowest BCUT2D eigenvalue weighted by Gasteiger charge is -2.10. The third kappa shape index (κ3) is 3.30. The maximum atomic E-state index is 8.71. The van der Waals surface area contributed by atoms with Crippen LogP contribution in [0, 0.1) is 0 Å². The van der Waals surface area contributed by atoms with Crippen molar-refractivity contribution in [1.29, 1.82) is 0 Å². The van der Waals surface area contributed by atoms with Crippen molar-refractivity contribution in [3.63, 3.8) is 0 Å². The molecule has 0 saturated heterocycles. The van der Waals surface area contributed by atoms with Gasteiger partial charge in [0.15, 0.2) is 5.84 Å². The highest BCUT2D eigenvalue weighted by molar-refractivity contribution is 5.99. The van der Waals surface area contributed by atoms with Gasteiger partial charge in [0.25, 0.3) is 0 Å². The average Bonchev–Trinajstić information content (AvgIpc) is 2.99. The molecule has 6 nitrogen and oxygen atoms in total. The Morgan fingerprint density at radius 2 is 2.15 bits per heavy atom. The summed E-state index contributed by atoms with van der Waals surface area (Å²) in [4.78, 5) is 0. The van der Waals surface area contributed by atoms with Crippen molar-refractivity contribution in [3.8, 4) is 5.75 Å². The van der Waals surface area contributed by atoms with Crippen molar-refractivity contribution in [2.75, 3.05) is 7.11 Å². The number of hydrogen-bond donors (Lipinski definition) is 3. The van der Waals surface area contributed by atoms with Crippen molar-refractivity contribution in [2.45, 2.75) is 13.1 Å². The van der Waals surface area contributed by atoms with Crippen LogP contribution >= 0.6 is 0 Å². The van der Waals surface area contributed by atoms with Crippen molar-refractivity contribution < 1.29 is 14.4 Å². The van der Waals surface area contributed by atoms with Gasteiger partial charge in [0.1, 0.15) is 5.75 Å². The zero-order chi connectivity index (χ0) is 14.4. The summed E-state index contributed by atoms with van der Waals surface area (Å²) in [5.41, 5.74) is 8.27. The lowest BCUT2D eigenvalue weighted by molar-refractivity contribution is 0.318. The molecule has 2 rings (SSSR count). The van der Waals surface area contributed by atoms with Gasteiger partial charge in [-0.3, -0.25) is 0 Å². The normalized spacial score (nSPS) is 11.6. The lowest BCUT2D eigenvalue weighted by Crippen LogP contribution is -2.16. The Labute approximate surface area is 116 Å². The molecule has 0 aliphatic heterocycles. The third-order valence-corrected chi connectivity index (χ3v) is 2.89. The third-order valence-electron chi connectivity index (χ3n) is 2.89. The highest BCUT2D eigenvalue weighted by Crippen LogP contribution is 2.20. The van der Waals surface area contributed by atoms with Crippen LogP contribution in [-0.2, 0) is 13.1 Å². The first kappa shape index (κ1) is 14.0. The summed E-state index contributed by atoms with van der Waals surface area (Å²) in [5, 5.41) is 15.0. The summed E-state index contributed by atoms with van der Waals surface area (Å²) < 4.78 is 10.2. The molecule has 0 atom stereocenters. The molecule has 1 aromatic carbocycles. The first-order valence-corrected chi connectivity index (χ1v) is 6.11. The van der Waals surface area contributed by atoms with Gasteiger partial charge in [-0.1, -0.05) is 11.2 Å². The monoisotopic (exact) mass is 275 g/mol. The minimum atomic E-state index is 0.0276. The van der Waals surface area contributed by atoms with E-state index < -0.39 is 0 Å². The zero-order valence-corrected chi connectivity index (χ0v) is 11.2. The number of methoxy groups -OCH3 is 1. The molecule has 0 radical (unpaired) electrons. The first-order valence-electron chi connectivity index (χ1n) is 6.11. The molecule has 1 aromatic heterocycles. The second-order valence-corrected chi connectivity index (χ2v) is 4.26. The fourth-order valence-electron chi connectivity index (χ4n) is 1.86. The molecule has 6 heteroatoms. The van der Waals surface area contributed by atoms with Crippen molar-refractivity contribution in [1.82, 2.24) is 5.32 Å². The molecule has 4 N–H and O–H groups in total. The van der Waals surface area contributed by atoms with Gasteiger partial charge in [-0.05, 0) is 23.8 Å². The van der Waals surface area contributed by atoms with Gasteiger partial charge in [-0.15, -0.1) is 0 Å². The van der Waals surface area contributed by atoms with E-state index in [1.807, 2.05) is 18.2 Å². The number of hydrogen-bond acceptors (Lipinski definition) is 5. The minimum absolute atomic E-state index is 0.0276. The fraction of sp³-hybridized carbons (Fsp3) is 0.214. The van der Waals surface area contributed by atoms with Crippen LogP contribution in [-0.4, -0.2) is 18.2 Å². The van der Waals surface area contributed by atoms with Gasteiger partial charge < -0.3 is 25.4 Å². The number of ether oxygens (including phenoxy) is 1. The van der Waals surface area contributed by atoms with E-state index in [1.54, 1.807) is 25.7 Å². The Bertz CT molecular complexity index is 579. The van der Waals surface area contributed by atoms with Gasteiger partial charge >= 0.3 is 0 Å². The SMILES string of the molecule is COc1cc(CNCc2ccoc2)ccc1/C(N)=N/O. The largest absolute Gasteiger partial charge is 0.496 e. The van der Waals surface area contributed by atoms with Crippen LogP contribution in [0.2, 0.25) is 0 Å². The van der Waals surface area contributed by atoms with E-state index >= 15 is 0 Å². The standard InChI is InChI=1S/C14H17N3O3/c1-19-13-6-10(2-3-12(13)14(15)17-18)7-16-8-11-4-5-20-9-11/h2-6,9,16,18H,7-8H2,1H3,(H2,15,17). The highest BCUT2D eigenvalue weighted by Gasteiger charge is 2.08. The van der Waals surface area contributed by atoms with Gasteiger partial charge in [0, 0.05) is 18.7 Å². The lowest BCUT2D eigenvalue weighted by atomic mass is 10.1. The van der Waals surface area contributed by atoms with E-state index in [2.05, 4.69) is 10.5 Å². The molecule has 2 aromatic rings. The highest BCUT2D eigenvalue weighted by atomic mass is 16.5. The Balaban J connectivity index is 2.02. The van der Waals surface area contributed by atoms with Crippen molar-refractivity contribution in [2.24, 2.45) is 10.9 Å². The van der Waals surface area contributed by atoms with Crippen LogP contribution in [0.15, 0.2) is 46.4 Å².